The Bertz CT molecular complexity index is 681. The lowest BCUT2D eigenvalue weighted by Crippen LogP contribution is -2.49. The molecule has 140 valence electrons. The maximum atomic E-state index is 10.2. The van der Waals surface area contributed by atoms with E-state index in [1.807, 2.05) is 50.2 Å². The number of hydrogen-bond donors (Lipinski definition) is 4. The molecule has 0 heterocycles. The summed E-state index contributed by atoms with van der Waals surface area (Å²) in [6.07, 6.45) is 4.71. The fourth-order valence-electron chi connectivity index (χ4n) is 3.83. The van der Waals surface area contributed by atoms with Crippen LogP contribution in [0.15, 0.2) is 36.4 Å². The first-order valence-corrected chi connectivity index (χ1v) is 9.58. The van der Waals surface area contributed by atoms with Crippen LogP contribution in [0, 0.1) is 13.8 Å². The average molecular weight is 354 g/mol. The van der Waals surface area contributed by atoms with Crippen LogP contribution in [-0.4, -0.2) is 22.3 Å². The van der Waals surface area contributed by atoms with Crippen molar-refractivity contribution in [2.45, 2.75) is 64.7 Å². The molecule has 4 N–H and O–H groups in total. The standard InChI is InChI=1S/C22H30N2O2/c1-15-7-5-9-17(21(15)25)13-23-19-11-3-4-12-20(19)24-14-18-10-6-8-16(2)22(18)26/h5-10,19-20,23-26H,3-4,11-14H2,1-2H3/t19-,20-/m1/s1. The van der Waals surface area contributed by atoms with Gasteiger partial charge in [0.2, 0.25) is 0 Å². The molecule has 2 aromatic rings. The highest BCUT2D eigenvalue weighted by molar-refractivity contribution is 5.40. The second-order valence-corrected chi connectivity index (χ2v) is 7.42. The summed E-state index contributed by atoms with van der Waals surface area (Å²) < 4.78 is 0. The number of benzene rings is 2. The number of phenols is 2. The lowest BCUT2D eigenvalue weighted by atomic mass is 9.89. The Labute approximate surface area is 156 Å². The van der Waals surface area contributed by atoms with Crippen molar-refractivity contribution in [2.24, 2.45) is 0 Å². The summed E-state index contributed by atoms with van der Waals surface area (Å²) in [5, 5.41) is 27.7. The number of nitrogens with one attached hydrogen (secondary N) is 2. The van der Waals surface area contributed by atoms with Gasteiger partial charge in [0.1, 0.15) is 11.5 Å². The average Bonchev–Trinajstić information content (AvgIpc) is 2.65. The fraction of sp³-hybridized carbons (Fsp3) is 0.455. The third-order valence-corrected chi connectivity index (χ3v) is 5.52. The molecule has 0 aromatic heterocycles. The van der Waals surface area contributed by atoms with Gasteiger partial charge in [-0.1, -0.05) is 49.2 Å². The molecule has 3 rings (SSSR count). The van der Waals surface area contributed by atoms with E-state index in [9.17, 15) is 10.2 Å². The maximum Gasteiger partial charge on any atom is 0.122 e. The first-order chi connectivity index (χ1) is 12.6. The van der Waals surface area contributed by atoms with Gasteiger partial charge in [-0.2, -0.15) is 0 Å². The number of rotatable bonds is 6. The molecule has 1 aliphatic rings. The zero-order valence-electron chi connectivity index (χ0n) is 15.8. The summed E-state index contributed by atoms with van der Waals surface area (Å²) in [5.41, 5.74) is 3.73. The van der Waals surface area contributed by atoms with Gasteiger partial charge in [-0.25, -0.2) is 0 Å². The highest BCUT2D eigenvalue weighted by Crippen LogP contribution is 2.25. The van der Waals surface area contributed by atoms with Gasteiger partial charge in [-0.3, -0.25) is 0 Å². The molecule has 0 spiro atoms. The van der Waals surface area contributed by atoms with Crippen LogP contribution in [0.1, 0.15) is 47.9 Å². The van der Waals surface area contributed by atoms with E-state index in [2.05, 4.69) is 10.6 Å². The molecule has 0 amide bonds. The molecule has 26 heavy (non-hydrogen) atoms. The quantitative estimate of drug-likeness (QED) is 0.635. The number of hydrogen-bond acceptors (Lipinski definition) is 4. The Hall–Kier alpha value is -2.04. The van der Waals surface area contributed by atoms with Gasteiger partial charge in [-0.05, 0) is 37.8 Å². The van der Waals surface area contributed by atoms with Crippen LogP contribution in [0.25, 0.3) is 0 Å². The summed E-state index contributed by atoms with van der Waals surface area (Å²) >= 11 is 0. The Balaban J connectivity index is 1.61. The number of aromatic hydroxyl groups is 2. The van der Waals surface area contributed by atoms with Crippen molar-refractivity contribution < 1.29 is 10.2 Å². The zero-order chi connectivity index (χ0) is 18.5. The summed E-state index contributed by atoms with van der Waals surface area (Å²) in [5.74, 6) is 0.787. The molecular formula is C22H30N2O2. The first-order valence-electron chi connectivity index (χ1n) is 9.58. The predicted molar refractivity (Wildman–Crippen MR) is 105 cm³/mol. The van der Waals surface area contributed by atoms with E-state index in [1.165, 1.54) is 12.8 Å². The van der Waals surface area contributed by atoms with Gasteiger partial charge in [0.25, 0.3) is 0 Å². The minimum atomic E-state index is 0.371. The molecule has 0 aliphatic heterocycles. The van der Waals surface area contributed by atoms with Gasteiger partial charge in [-0.15, -0.1) is 0 Å². The third kappa shape index (κ3) is 4.37. The van der Waals surface area contributed by atoms with E-state index < -0.39 is 0 Å². The van der Waals surface area contributed by atoms with Crippen molar-refractivity contribution in [1.82, 2.24) is 10.6 Å². The fourth-order valence-corrected chi connectivity index (χ4v) is 3.83. The zero-order valence-corrected chi connectivity index (χ0v) is 15.8. The second kappa shape index (κ2) is 8.56. The van der Waals surface area contributed by atoms with Crippen molar-refractivity contribution >= 4 is 0 Å². The summed E-state index contributed by atoms with van der Waals surface area (Å²) in [6, 6.07) is 12.5. The van der Waals surface area contributed by atoms with E-state index in [0.717, 1.165) is 35.1 Å². The topological polar surface area (TPSA) is 64.5 Å². The lowest BCUT2D eigenvalue weighted by molar-refractivity contribution is 0.279. The Morgan fingerprint density at radius 1 is 0.769 bits per heavy atom. The normalized spacial score (nSPS) is 20.2. The highest BCUT2D eigenvalue weighted by Gasteiger charge is 2.24. The SMILES string of the molecule is Cc1cccc(CN[C@@H]2CCCC[C@H]2NCc2cccc(C)c2O)c1O. The van der Waals surface area contributed by atoms with Gasteiger partial charge in [0.05, 0.1) is 0 Å². The lowest BCUT2D eigenvalue weighted by Gasteiger charge is -2.33. The molecule has 0 unspecified atom stereocenters. The van der Waals surface area contributed by atoms with Crippen LogP contribution < -0.4 is 10.6 Å². The molecule has 2 aromatic carbocycles. The van der Waals surface area contributed by atoms with Crippen LogP contribution in [-0.2, 0) is 13.1 Å². The first kappa shape index (κ1) is 18.7. The summed E-state index contributed by atoms with van der Waals surface area (Å²) in [7, 11) is 0. The monoisotopic (exact) mass is 354 g/mol. The van der Waals surface area contributed by atoms with Crippen LogP contribution in [0.2, 0.25) is 0 Å². The molecule has 1 aliphatic carbocycles. The molecule has 1 fully saturated rings. The van der Waals surface area contributed by atoms with Crippen molar-refractivity contribution in [2.75, 3.05) is 0 Å². The predicted octanol–water partition coefficient (Wildman–Crippen LogP) is 3.91. The molecular weight excluding hydrogens is 324 g/mol. The van der Waals surface area contributed by atoms with E-state index in [1.54, 1.807) is 0 Å². The van der Waals surface area contributed by atoms with E-state index in [0.29, 0.717) is 36.7 Å². The van der Waals surface area contributed by atoms with Crippen LogP contribution in [0.3, 0.4) is 0 Å². The van der Waals surface area contributed by atoms with Gasteiger partial charge in [0, 0.05) is 36.3 Å². The highest BCUT2D eigenvalue weighted by atomic mass is 16.3. The molecule has 4 nitrogen and oxygen atoms in total. The molecule has 0 radical (unpaired) electrons. The number of phenolic OH excluding ortho intramolecular Hbond substituents is 2. The molecule has 2 atom stereocenters. The van der Waals surface area contributed by atoms with Crippen LogP contribution >= 0.6 is 0 Å². The van der Waals surface area contributed by atoms with Crippen molar-refractivity contribution in [1.29, 1.82) is 0 Å². The Morgan fingerprint density at radius 3 is 1.62 bits per heavy atom. The minimum absolute atomic E-state index is 0.371. The van der Waals surface area contributed by atoms with Gasteiger partial charge in [0.15, 0.2) is 0 Å². The molecule has 0 bridgehead atoms. The number of para-hydroxylation sites is 2. The smallest absolute Gasteiger partial charge is 0.122 e. The molecule has 0 saturated heterocycles. The molecule has 4 heteroatoms. The van der Waals surface area contributed by atoms with E-state index >= 15 is 0 Å². The summed E-state index contributed by atoms with van der Waals surface area (Å²) in [6.45, 7) is 5.20. The summed E-state index contributed by atoms with van der Waals surface area (Å²) in [4.78, 5) is 0. The largest absolute Gasteiger partial charge is 0.507 e. The van der Waals surface area contributed by atoms with Crippen molar-refractivity contribution in [3.63, 3.8) is 0 Å². The Morgan fingerprint density at radius 2 is 1.19 bits per heavy atom. The Kier molecular flexibility index (Phi) is 6.17. The van der Waals surface area contributed by atoms with Gasteiger partial charge >= 0.3 is 0 Å². The molecule has 1 saturated carbocycles. The van der Waals surface area contributed by atoms with Crippen molar-refractivity contribution in [3.8, 4) is 11.5 Å². The second-order valence-electron chi connectivity index (χ2n) is 7.42. The maximum absolute atomic E-state index is 10.2. The number of aryl methyl sites for hydroxylation is 2. The third-order valence-electron chi connectivity index (χ3n) is 5.52. The van der Waals surface area contributed by atoms with E-state index in [4.69, 9.17) is 0 Å². The van der Waals surface area contributed by atoms with Gasteiger partial charge < -0.3 is 20.8 Å². The van der Waals surface area contributed by atoms with E-state index in [-0.39, 0.29) is 0 Å². The van der Waals surface area contributed by atoms with Crippen LogP contribution in [0.5, 0.6) is 11.5 Å². The van der Waals surface area contributed by atoms with Crippen LogP contribution in [0.4, 0.5) is 0 Å². The minimum Gasteiger partial charge on any atom is -0.507 e. The van der Waals surface area contributed by atoms with Crippen molar-refractivity contribution in [3.05, 3.63) is 58.7 Å².